The topological polar surface area (TPSA) is 33.7 Å². The molecule has 1 saturated heterocycles. The van der Waals surface area contributed by atoms with Crippen LogP contribution in [-0.2, 0) is 0 Å². The molecule has 4 rings (SSSR count). The highest BCUT2D eigenvalue weighted by atomic mass is 79.9. The van der Waals surface area contributed by atoms with Crippen LogP contribution in [-0.4, -0.2) is 17.9 Å². The van der Waals surface area contributed by atoms with Crippen molar-refractivity contribution in [2.75, 3.05) is 12.0 Å². The van der Waals surface area contributed by atoms with Crippen molar-refractivity contribution in [3.05, 3.63) is 52.5 Å². The first kappa shape index (κ1) is 15.7. The summed E-state index contributed by atoms with van der Waals surface area (Å²) in [6.45, 7) is 2.07. The smallest absolute Gasteiger partial charge is 0.188 e. The average Bonchev–Trinajstić information content (AvgIpc) is 2.55. The lowest BCUT2D eigenvalue weighted by Crippen LogP contribution is -2.65. The Hall–Kier alpha value is -1.79. The Morgan fingerprint density at radius 1 is 1.29 bits per heavy atom. The van der Waals surface area contributed by atoms with Crippen LogP contribution in [0, 0.1) is 0 Å². The van der Waals surface area contributed by atoms with Crippen LogP contribution in [0.25, 0.3) is 0 Å². The molecule has 0 aromatic heterocycles. The summed E-state index contributed by atoms with van der Waals surface area (Å²) in [6.07, 6.45) is 0.795. The Morgan fingerprint density at radius 3 is 2.75 bits per heavy atom. The molecule has 2 bridgehead atoms. The molecule has 1 N–H and O–H groups in total. The summed E-state index contributed by atoms with van der Waals surface area (Å²) in [5.41, 5.74) is 1.52. The summed E-state index contributed by atoms with van der Waals surface area (Å²) >= 11 is 9.13. The number of ether oxygens (including phenoxy) is 2. The van der Waals surface area contributed by atoms with Gasteiger partial charge < -0.3 is 14.8 Å². The van der Waals surface area contributed by atoms with Crippen molar-refractivity contribution >= 4 is 38.9 Å². The molecule has 2 aromatic carbocycles. The number of hydrogen-bond acceptors (Lipinski definition) is 3. The van der Waals surface area contributed by atoms with Gasteiger partial charge in [-0.3, -0.25) is 4.90 Å². The molecule has 0 amide bonds. The summed E-state index contributed by atoms with van der Waals surface area (Å²) < 4.78 is 13.0. The van der Waals surface area contributed by atoms with Gasteiger partial charge in [0, 0.05) is 22.1 Å². The molecule has 2 aromatic rings. The van der Waals surface area contributed by atoms with E-state index in [0.717, 1.165) is 33.6 Å². The lowest BCUT2D eigenvalue weighted by molar-refractivity contribution is 0.0464. The number of halogens is 1. The van der Waals surface area contributed by atoms with Crippen molar-refractivity contribution < 1.29 is 9.47 Å². The summed E-state index contributed by atoms with van der Waals surface area (Å²) in [6, 6.07) is 14.2. The Balaban J connectivity index is 1.81. The van der Waals surface area contributed by atoms with Crippen molar-refractivity contribution in [1.29, 1.82) is 0 Å². The molecule has 2 aliphatic rings. The summed E-state index contributed by atoms with van der Waals surface area (Å²) in [4.78, 5) is 2.04. The third-order valence-corrected chi connectivity index (χ3v) is 5.40. The zero-order valence-electron chi connectivity index (χ0n) is 13.4. The molecule has 2 atom stereocenters. The first-order valence-electron chi connectivity index (χ1n) is 7.74. The van der Waals surface area contributed by atoms with Gasteiger partial charge in [-0.05, 0) is 49.5 Å². The lowest BCUT2D eigenvalue weighted by atomic mass is 9.90. The van der Waals surface area contributed by atoms with E-state index in [1.807, 2.05) is 41.3 Å². The molecular formula is C18H17BrN2O2S. The Bertz CT molecular complexity index is 811. The van der Waals surface area contributed by atoms with Gasteiger partial charge in [0.2, 0.25) is 0 Å². The molecule has 0 aliphatic carbocycles. The number of nitrogens with zero attached hydrogens (tertiary/aromatic N) is 1. The molecule has 1 fully saturated rings. The number of rotatable bonds is 2. The molecular weight excluding hydrogens is 388 g/mol. The van der Waals surface area contributed by atoms with Crippen LogP contribution < -0.4 is 19.7 Å². The minimum Gasteiger partial charge on any atom is -0.493 e. The number of methoxy groups -OCH3 is 1. The summed E-state index contributed by atoms with van der Waals surface area (Å²) in [7, 11) is 1.66. The number of benzene rings is 2. The van der Waals surface area contributed by atoms with E-state index in [2.05, 4.69) is 34.2 Å². The molecule has 2 heterocycles. The molecule has 2 aliphatic heterocycles. The molecule has 6 heteroatoms. The van der Waals surface area contributed by atoms with Crippen LogP contribution in [0.1, 0.15) is 24.9 Å². The Morgan fingerprint density at radius 2 is 2.04 bits per heavy atom. The van der Waals surface area contributed by atoms with E-state index in [9.17, 15) is 0 Å². The van der Waals surface area contributed by atoms with Gasteiger partial charge in [-0.15, -0.1) is 0 Å². The second kappa shape index (κ2) is 5.63. The van der Waals surface area contributed by atoms with E-state index in [4.69, 9.17) is 21.7 Å². The van der Waals surface area contributed by atoms with E-state index in [0.29, 0.717) is 5.11 Å². The van der Waals surface area contributed by atoms with Crippen LogP contribution >= 0.6 is 28.1 Å². The van der Waals surface area contributed by atoms with E-state index in [-0.39, 0.29) is 6.04 Å². The summed E-state index contributed by atoms with van der Waals surface area (Å²) in [5.74, 6) is 1.53. The quantitative estimate of drug-likeness (QED) is 0.750. The fourth-order valence-corrected chi connectivity index (χ4v) is 4.21. The van der Waals surface area contributed by atoms with Crippen LogP contribution in [0.4, 0.5) is 5.69 Å². The first-order valence-corrected chi connectivity index (χ1v) is 8.94. The van der Waals surface area contributed by atoms with Gasteiger partial charge in [-0.1, -0.05) is 28.1 Å². The maximum Gasteiger partial charge on any atom is 0.188 e. The minimum atomic E-state index is -0.567. The predicted octanol–water partition coefficient (Wildman–Crippen LogP) is 4.39. The van der Waals surface area contributed by atoms with Crippen molar-refractivity contribution in [3.63, 3.8) is 0 Å². The molecule has 124 valence electrons. The van der Waals surface area contributed by atoms with Crippen molar-refractivity contribution in [3.8, 4) is 11.5 Å². The van der Waals surface area contributed by atoms with Crippen molar-refractivity contribution in [2.24, 2.45) is 0 Å². The van der Waals surface area contributed by atoms with Crippen LogP contribution in [0.15, 0.2) is 46.9 Å². The monoisotopic (exact) mass is 404 g/mol. The van der Waals surface area contributed by atoms with E-state index in [1.54, 1.807) is 7.11 Å². The highest BCUT2D eigenvalue weighted by Gasteiger charge is 2.49. The van der Waals surface area contributed by atoms with Gasteiger partial charge in [-0.25, -0.2) is 0 Å². The maximum absolute atomic E-state index is 6.44. The zero-order valence-corrected chi connectivity index (χ0v) is 15.8. The van der Waals surface area contributed by atoms with Gasteiger partial charge in [0.15, 0.2) is 22.3 Å². The first-order chi connectivity index (χ1) is 11.5. The second-order valence-electron chi connectivity index (χ2n) is 6.17. The largest absolute Gasteiger partial charge is 0.493 e. The Kier molecular flexibility index (Phi) is 3.69. The third kappa shape index (κ3) is 2.36. The second-order valence-corrected chi connectivity index (χ2v) is 7.48. The molecule has 0 spiro atoms. The highest BCUT2D eigenvalue weighted by Crippen LogP contribution is 2.49. The van der Waals surface area contributed by atoms with E-state index < -0.39 is 5.72 Å². The predicted molar refractivity (Wildman–Crippen MR) is 102 cm³/mol. The van der Waals surface area contributed by atoms with Gasteiger partial charge >= 0.3 is 0 Å². The standard InChI is InChI=1S/C18H17BrN2O2S/c1-18-10-14(13-4-3-5-15(22-2)16(13)23-18)20-17(24)21(18)12-8-6-11(19)7-9-12/h3-9,14H,10H2,1-2H3,(H,20,24)/t14-,18-/m0/s1. The fraction of sp³-hybridized carbons (Fsp3) is 0.278. The van der Waals surface area contributed by atoms with Crippen LogP contribution in [0.5, 0.6) is 11.5 Å². The SMILES string of the molecule is COc1cccc2c1O[C@@]1(C)C[C@@H]2NC(=S)N1c1ccc(Br)cc1. The number of anilines is 1. The highest BCUT2D eigenvalue weighted by molar-refractivity contribution is 9.10. The van der Waals surface area contributed by atoms with Gasteiger partial charge in [-0.2, -0.15) is 0 Å². The number of hydrogen-bond donors (Lipinski definition) is 1. The average molecular weight is 405 g/mol. The molecule has 0 radical (unpaired) electrons. The molecule has 24 heavy (non-hydrogen) atoms. The van der Waals surface area contributed by atoms with Gasteiger partial charge in [0.25, 0.3) is 0 Å². The number of nitrogens with one attached hydrogen (secondary N) is 1. The van der Waals surface area contributed by atoms with Gasteiger partial charge in [0.05, 0.1) is 13.2 Å². The maximum atomic E-state index is 6.44. The van der Waals surface area contributed by atoms with Crippen molar-refractivity contribution in [1.82, 2.24) is 5.32 Å². The minimum absolute atomic E-state index is 0.119. The van der Waals surface area contributed by atoms with Crippen molar-refractivity contribution in [2.45, 2.75) is 25.1 Å². The van der Waals surface area contributed by atoms with Gasteiger partial charge in [0.1, 0.15) is 0 Å². The Labute approximate surface area is 154 Å². The van der Waals surface area contributed by atoms with E-state index in [1.165, 1.54) is 0 Å². The lowest BCUT2D eigenvalue weighted by Gasteiger charge is -2.52. The number of para-hydroxylation sites is 1. The van der Waals surface area contributed by atoms with E-state index >= 15 is 0 Å². The normalized spacial score (nSPS) is 24.7. The number of thiocarbonyl (C=S) groups is 1. The van der Waals surface area contributed by atoms with Crippen LogP contribution in [0.2, 0.25) is 0 Å². The fourth-order valence-electron chi connectivity index (χ4n) is 3.50. The molecule has 4 nitrogen and oxygen atoms in total. The zero-order chi connectivity index (χ0) is 16.9. The summed E-state index contributed by atoms with van der Waals surface area (Å²) in [5, 5.41) is 4.12. The molecule has 0 saturated carbocycles. The number of fused-ring (bicyclic) bond motifs is 4. The van der Waals surface area contributed by atoms with Crippen LogP contribution in [0.3, 0.4) is 0 Å². The molecule has 0 unspecified atom stereocenters. The third-order valence-electron chi connectivity index (χ3n) is 4.57.